The average Bonchev–Trinajstić information content (AvgIpc) is 2.74. The van der Waals surface area contributed by atoms with Crippen molar-refractivity contribution in [3.63, 3.8) is 0 Å². The van der Waals surface area contributed by atoms with Crippen LogP contribution >= 0.6 is 0 Å². The van der Waals surface area contributed by atoms with Gasteiger partial charge in [-0.15, -0.1) is 0 Å². The number of carboxylic acids is 1. The second-order valence-corrected chi connectivity index (χ2v) is 5.87. The summed E-state index contributed by atoms with van der Waals surface area (Å²) >= 11 is 1.06. The number of aliphatic hydroxyl groups excluding tert-OH is 2. The number of ether oxygens (including phenoxy) is 4. The van der Waals surface area contributed by atoms with Gasteiger partial charge in [0, 0.05) is 33.1 Å². The Hall–Kier alpha value is -1.70. The molecule has 1 aliphatic heterocycles. The first-order valence-corrected chi connectivity index (χ1v) is 9.21. The summed E-state index contributed by atoms with van der Waals surface area (Å²) in [5, 5.41) is 30.2. The summed E-state index contributed by atoms with van der Waals surface area (Å²) in [5.41, 5.74) is 0.462. The van der Waals surface area contributed by atoms with Crippen molar-refractivity contribution in [3.8, 4) is 0 Å². The second-order valence-electron chi connectivity index (χ2n) is 5.87. The van der Waals surface area contributed by atoms with Crippen molar-refractivity contribution in [2.75, 3.05) is 34.5 Å². The predicted molar refractivity (Wildman–Crippen MR) is 98.1 cm³/mol. The van der Waals surface area contributed by atoms with Crippen molar-refractivity contribution in [2.24, 2.45) is 0 Å². The van der Waals surface area contributed by atoms with E-state index in [9.17, 15) is 19.8 Å². The van der Waals surface area contributed by atoms with Crippen LogP contribution in [-0.4, -0.2) is 92.3 Å². The van der Waals surface area contributed by atoms with Crippen molar-refractivity contribution in [2.45, 2.75) is 30.7 Å². The fourth-order valence-corrected chi connectivity index (χ4v) is 2.54. The Morgan fingerprint density at radius 1 is 1.17 bits per heavy atom. The maximum absolute atomic E-state index is 11.1. The number of ketones is 1. The number of carbonyl (C=O) groups is 2. The van der Waals surface area contributed by atoms with Gasteiger partial charge in [-0.1, -0.05) is 12.2 Å². The molecule has 0 spiro atoms. The fraction of sp³-hybridized carbons (Fsp3) is 0.556. The summed E-state index contributed by atoms with van der Waals surface area (Å²) in [7, 11) is 4.37. The monoisotopic (exact) mass is 468 g/mol. The molecule has 0 radical (unpaired) electrons. The van der Waals surface area contributed by atoms with E-state index in [0.717, 1.165) is 17.4 Å². The van der Waals surface area contributed by atoms with Gasteiger partial charge in [0.1, 0.15) is 31.0 Å². The van der Waals surface area contributed by atoms with Crippen LogP contribution in [0.5, 0.6) is 0 Å². The number of rotatable bonds is 7. The van der Waals surface area contributed by atoms with Crippen molar-refractivity contribution < 1.29 is 64.9 Å². The topological polar surface area (TPSA) is 161 Å². The van der Waals surface area contributed by atoms with E-state index >= 15 is 0 Å². The second kappa shape index (κ2) is 16.1. The molecule has 1 saturated heterocycles. The van der Waals surface area contributed by atoms with E-state index in [2.05, 4.69) is 5.32 Å². The molecule has 5 atom stereocenters. The van der Waals surface area contributed by atoms with Gasteiger partial charge in [0.25, 0.3) is 0 Å². The molecule has 30 heavy (non-hydrogen) atoms. The van der Waals surface area contributed by atoms with Crippen LogP contribution in [0.15, 0.2) is 36.1 Å². The van der Waals surface area contributed by atoms with Gasteiger partial charge in [0.2, 0.25) is 0 Å². The Morgan fingerprint density at radius 3 is 2.30 bits per heavy atom. The Balaban J connectivity index is 0.000000522. The quantitative estimate of drug-likeness (QED) is 0.334. The first-order chi connectivity index (χ1) is 14.3. The number of nitrogens with one attached hydrogen (secondary N) is 1. The molecular weight excluding hydrogens is 441 g/mol. The third-order valence-corrected chi connectivity index (χ3v) is 3.91. The van der Waals surface area contributed by atoms with Gasteiger partial charge in [-0.3, -0.25) is 9.59 Å². The van der Waals surface area contributed by atoms with Gasteiger partial charge < -0.3 is 39.6 Å². The molecule has 0 aromatic heterocycles. The molecule has 11 nitrogen and oxygen atoms in total. The van der Waals surface area contributed by atoms with Gasteiger partial charge in [-0.2, -0.15) is 0 Å². The van der Waals surface area contributed by atoms with Gasteiger partial charge in [0.15, 0.2) is 12.1 Å². The van der Waals surface area contributed by atoms with Crippen LogP contribution in [0, 0.1) is 0 Å². The number of aliphatic hydroxyl groups is 2. The molecule has 1 aliphatic carbocycles. The normalized spacial score (nSPS) is 28.7. The van der Waals surface area contributed by atoms with E-state index in [1.54, 1.807) is 18.2 Å². The van der Waals surface area contributed by atoms with Crippen molar-refractivity contribution in [3.05, 3.63) is 36.1 Å². The van der Waals surface area contributed by atoms with Crippen molar-refractivity contribution >= 4 is 11.8 Å². The molecule has 0 aromatic carbocycles. The van der Waals surface area contributed by atoms with E-state index < -0.39 is 36.7 Å². The van der Waals surface area contributed by atoms with Crippen LogP contribution in [0.3, 0.4) is 0 Å². The van der Waals surface area contributed by atoms with Gasteiger partial charge in [-0.05, 0) is 12.2 Å². The average molecular weight is 468 g/mol. The van der Waals surface area contributed by atoms with Crippen LogP contribution in [0.4, 0.5) is 0 Å². The van der Waals surface area contributed by atoms with E-state index in [-0.39, 0.29) is 18.9 Å². The van der Waals surface area contributed by atoms with Crippen molar-refractivity contribution in [1.29, 1.82) is 0 Å². The molecule has 4 N–H and O–H groups in total. The summed E-state index contributed by atoms with van der Waals surface area (Å²) in [6.07, 6.45) is 3.71. The van der Waals surface area contributed by atoms with Gasteiger partial charge in [0.05, 0.1) is 6.61 Å². The minimum atomic E-state index is -1.12. The molecule has 1 heterocycles. The first kappa shape index (κ1) is 28.3. The van der Waals surface area contributed by atoms with Gasteiger partial charge in [-0.25, -0.2) is 0 Å². The fourth-order valence-electron chi connectivity index (χ4n) is 2.54. The zero-order valence-corrected chi connectivity index (χ0v) is 18.2. The summed E-state index contributed by atoms with van der Waals surface area (Å²) in [4.78, 5) is 21.2. The zero-order valence-electron chi connectivity index (χ0n) is 16.8. The Kier molecular flexibility index (Phi) is 15.1. The SMILES string of the molecule is COCC1OC(OC)C(O)C(O)C1OC.O=C(O)CNC=C1C=CC=CC1=O.[O]=[V]. The van der Waals surface area contributed by atoms with Crippen LogP contribution in [0.25, 0.3) is 0 Å². The predicted octanol–water partition coefficient (Wildman–Crippen LogP) is -1.14. The third kappa shape index (κ3) is 9.41. The molecule has 5 unspecified atom stereocenters. The van der Waals surface area contributed by atoms with Crippen LogP contribution in [-0.2, 0) is 49.6 Å². The standard InChI is InChI=1S/C9H9NO3.C9H18O6.O.V/c11-8-4-2-1-3-7(8)5-10-6-9(12)13;1-12-4-5-8(13-2)6(10)7(11)9(14-3)15-5;;/h1-5,10H,6H2,(H,12,13);5-11H,4H2,1-3H3;;. The number of methoxy groups -OCH3 is 3. The number of allylic oxidation sites excluding steroid dienone is 5. The van der Waals surface area contributed by atoms with Crippen LogP contribution < -0.4 is 5.32 Å². The molecular formula is C18H27NO10V. The number of hydrogen-bond donors (Lipinski definition) is 4. The first-order valence-electron chi connectivity index (χ1n) is 8.64. The zero-order chi connectivity index (χ0) is 23.1. The minimum absolute atomic E-state index is 0.125. The van der Waals surface area contributed by atoms with E-state index in [1.807, 2.05) is 0 Å². The Labute approximate surface area is 183 Å². The molecule has 0 aromatic rings. The van der Waals surface area contributed by atoms with Crippen LogP contribution in [0.1, 0.15) is 0 Å². The van der Waals surface area contributed by atoms with Gasteiger partial charge >= 0.3 is 27.0 Å². The number of carbonyl (C=O) groups excluding carboxylic acids is 1. The number of aliphatic carboxylic acids is 1. The summed E-state index contributed by atoms with van der Waals surface area (Å²) < 4.78 is 28.5. The number of hydrogen-bond acceptors (Lipinski definition) is 10. The molecule has 169 valence electrons. The molecule has 0 bridgehead atoms. The molecule has 2 aliphatic rings. The van der Waals surface area contributed by atoms with E-state index in [0.29, 0.717) is 5.57 Å². The Morgan fingerprint density at radius 2 is 1.80 bits per heavy atom. The molecule has 0 amide bonds. The van der Waals surface area contributed by atoms with Crippen LogP contribution in [0.2, 0.25) is 0 Å². The summed E-state index contributed by atoms with van der Waals surface area (Å²) in [6, 6.07) is 0. The molecule has 2 rings (SSSR count). The Bertz CT molecular complexity index is 624. The summed E-state index contributed by atoms with van der Waals surface area (Å²) in [6.45, 7) is 0.0798. The number of carboxylic acid groups (broad SMARTS) is 1. The van der Waals surface area contributed by atoms with Crippen molar-refractivity contribution in [1.82, 2.24) is 5.32 Å². The summed E-state index contributed by atoms with van der Waals surface area (Å²) in [5.74, 6) is -1.08. The molecule has 1 fully saturated rings. The molecule has 0 saturated carbocycles. The molecule has 12 heteroatoms. The van der Waals surface area contributed by atoms with E-state index in [4.69, 9.17) is 27.7 Å². The maximum atomic E-state index is 11.1. The van der Waals surface area contributed by atoms with E-state index in [1.165, 1.54) is 33.6 Å². The third-order valence-electron chi connectivity index (χ3n) is 3.91.